The molecule has 1 aliphatic heterocycles. The van der Waals surface area contributed by atoms with E-state index in [4.69, 9.17) is 4.74 Å². The van der Waals surface area contributed by atoms with E-state index in [0.29, 0.717) is 12.0 Å². The Kier molecular flexibility index (Phi) is 6.29. The first-order valence-corrected chi connectivity index (χ1v) is 10.2. The van der Waals surface area contributed by atoms with E-state index in [0.717, 1.165) is 11.1 Å². The van der Waals surface area contributed by atoms with E-state index in [1.54, 1.807) is 0 Å². The average molecular weight is 424 g/mol. The minimum atomic E-state index is -0.950. The second-order valence-electron chi connectivity index (χ2n) is 8.27. The largest absolute Gasteiger partial charge is 0.507 e. The summed E-state index contributed by atoms with van der Waals surface area (Å²) in [5.41, 5.74) is 2.82. The fraction of sp³-hybridized carbons (Fsp3) is 0.320. The maximum Gasteiger partial charge on any atom is 0.174 e. The molecule has 31 heavy (non-hydrogen) atoms. The summed E-state index contributed by atoms with van der Waals surface area (Å²) >= 11 is 0. The lowest BCUT2D eigenvalue weighted by Gasteiger charge is -2.30. The Balaban J connectivity index is 2.21. The van der Waals surface area contributed by atoms with E-state index in [2.05, 4.69) is 0 Å². The monoisotopic (exact) mass is 424 g/mol. The molecule has 0 fully saturated rings. The summed E-state index contributed by atoms with van der Waals surface area (Å²) in [6.45, 7) is 7.66. The topological polar surface area (TPSA) is 107 Å². The molecule has 0 saturated heterocycles. The number of allylic oxidation sites excluding steroid dienone is 4. The Hall–Kier alpha value is -3.41. The van der Waals surface area contributed by atoms with E-state index >= 15 is 0 Å². The highest BCUT2D eigenvalue weighted by atomic mass is 16.5. The number of benzene rings is 2. The van der Waals surface area contributed by atoms with Gasteiger partial charge in [-0.25, -0.2) is 0 Å². The predicted octanol–water partition coefficient (Wildman–Crippen LogP) is 5.23. The first-order chi connectivity index (χ1) is 14.6. The van der Waals surface area contributed by atoms with Crippen LogP contribution in [0.25, 0.3) is 0 Å². The zero-order chi connectivity index (χ0) is 22.9. The Morgan fingerprint density at radius 2 is 1.48 bits per heavy atom. The van der Waals surface area contributed by atoms with Gasteiger partial charge in [0.1, 0.15) is 40.4 Å². The number of ether oxygens (including phenoxy) is 1. The van der Waals surface area contributed by atoms with Crippen molar-refractivity contribution in [3.63, 3.8) is 0 Å². The van der Waals surface area contributed by atoms with Crippen LogP contribution in [0, 0.1) is 0 Å². The third-order valence-corrected chi connectivity index (χ3v) is 5.32. The molecular formula is C25H28O6. The molecular weight excluding hydrogens is 396 g/mol. The molecule has 6 nitrogen and oxygen atoms in total. The molecule has 0 saturated carbocycles. The molecule has 0 spiro atoms. The van der Waals surface area contributed by atoms with Gasteiger partial charge in [-0.15, -0.1) is 0 Å². The highest BCUT2D eigenvalue weighted by molar-refractivity contribution is 6.04. The van der Waals surface area contributed by atoms with E-state index in [1.165, 1.54) is 18.2 Å². The van der Waals surface area contributed by atoms with Crippen molar-refractivity contribution in [1.82, 2.24) is 0 Å². The van der Waals surface area contributed by atoms with Gasteiger partial charge in [-0.2, -0.15) is 0 Å². The fourth-order valence-electron chi connectivity index (χ4n) is 3.68. The number of carbonyl (C=O) groups is 1. The number of phenolic OH excluding ortho intramolecular Hbond substituents is 4. The van der Waals surface area contributed by atoms with Crippen LogP contribution in [-0.2, 0) is 12.8 Å². The van der Waals surface area contributed by atoms with Crippen LogP contribution in [0.15, 0.2) is 41.5 Å². The van der Waals surface area contributed by atoms with Gasteiger partial charge in [-0.3, -0.25) is 4.79 Å². The minimum absolute atomic E-state index is 0.0262. The summed E-state index contributed by atoms with van der Waals surface area (Å²) in [4.78, 5) is 13.1. The quantitative estimate of drug-likeness (QED) is 0.490. The molecule has 6 heteroatoms. The van der Waals surface area contributed by atoms with Crippen LogP contribution >= 0.6 is 0 Å². The number of Topliss-reactive ketones (excluding diaryl/α,β-unsaturated/α-hetero) is 1. The molecule has 0 aromatic heterocycles. The number of fused-ring (bicyclic) bond motifs is 1. The number of carbonyl (C=O) groups excluding carboxylic acids is 1. The molecule has 0 bridgehead atoms. The second kappa shape index (κ2) is 8.76. The molecule has 4 N–H and O–H groups in total. The molecule has 0 unspecified atom stereocenters. The summed E-state index contributed by atoms with van der Waals surface area (Å²) in [5, 5.41) is 42.3. The third-order valence-electron chi connectivity index (χ3n) is 5.32. The van der Waals surface area contributed by atoms with Crippen LogP contribution in [-0.4, -0.2) is 26.2 Å². The summed E-state index contributed by atoms with van der Waals surface area (Å²) in [7, 11) is 0. The lowest BCUT2D eigenvalue weighted by Crippen LogP contribution is -2.22. The van der Waals surface area contributed by atoms with Crippen molar-refractivity contribution in [1.29, 1.82) is 0 Å². The van der Waals surface area contributed by atoms with Crippen LogP contribution in [0.4, 0.5) is 0 Å². The summed E-state index contributed by atoms with van der Waals surface area (Å²) in [5.74, 6) is -1.11. The van der Waals surface area contributed by atoms with Crippen LogP contribution in [0.2, 0.25) is 0 Å². The molecule has 0 radical (unpaired) electrons. The van der Waals surface area contributed by atoms with Gasteiger partial charge < -0.3 is 25.2 Å². The van der Waals surface area contributed by atoms with Crippen LogP contribution in [0.1, 0.15) is 67.3 Å². The standard InChI is InChI=1S/C25H28O6/c1-13(2)8-10-15-23(29)16(11-9-14(3)4)25-22(24(15)30)19(28)12-20(31-25)21-17(26)6-5-7-18(21)27/h5-9,20,26-27,29-30H,10-12H2,1-4H3/t20-/m1/s1. The second-order valence-corrected chi connectivity index (χ2v) is 8.27. The minimum Gasteiger partial charge on any atom is -0.507 e. The van der Waals surface area contributed by atoms with Gasteiger partial charge in [0.25, 0.3) is 0 Å². The molecule has 164 valence electrons. The van der Waals surface area contributed by atoms with Gasteiger partial charge in [0.2, 0.25) is 0 Å². The normalized spacial score (nSPS) is 15.1. The average Bonchev–Trinajstić information content (AvgIpc) is 2.66. The third kappa shape index (κ3) is 4.38. The van der Waals surface area contributed by atoms with Crippen molar-refractivity contribution in [2.45, 2.75) is 53.1 Å². The zero-order valence-electron chi connectivity index (χ0n) is 18.2. The van der Waals surface area contributed by atoms with E-state index in [9.17, 15) is 25.2 Å². The first kappa shape index (κ1) is 22.3. The SMILES string of the molecule is CC(C)=CCc1c(O)c(CC=C(C)C)c2c(c1O)C(=O)C[C@H](c1c(O)cccc1O)O2. The number of hydrogen-bond donors (Lipinski definition) is 4. The Morgan fingerprint density at radius 1 is 0.935 bits per heavy atom. The lowest BCUT2D eigenvalue weighted by atomic mass is 9.88. The molecule has 0 amide bonds. The number of aromatic hydroxyl groups is 4. The van der Waals surface area contributed by atoms with Gasteiger partial charge in [0.15, 0.2) is 5.78 Å². The molecule has 3 rings (SSSR count). The van der Waals surface area contributed by atoms with Gasteiger partial charge >= 0.3 is 0 Å². The van der Waals surface area contributed by atoms with Gasteiger partial charge in [0.05, 0.1) is 12.0 Å². The van der Waals surface area contributed by atoms with Crippen molar-refractivity contribution in [3.8, 4) is 28.7 Å². The van der Waals surface area contributed by atoms with Gasteiger partial charge in [-0.1, -0.05) is 29.4 Å². The maximum atomic E-state index is 13.1. The number of ketones is 1. The maximum absolute atomic E-state index is 13.1. The highest BCUT2D eigenvalue weighted by Crippen LogP contribution is 2.50. The fourth-order valence-corrected chi connectivity index (χ4v) is 3.68. The van der Waals surface area contributed by atoms with Crippen molar-refractivity contribution in [2.24, 2.45) is 0 Å². The van der Waals surface area contributed by atoms with Crippen LogP contribution in [0.3, 0.4) is 0 Å². The zero-order valence-corrected chi connectivity index (χ0v) is 18.2. The van der Waals surface area contributed by atoms with E-state index in [-0.39, 0.29) is 64.1 Å². The summed E-state index contributed by atoms with van der Waals surface area (Å²) < 4.78 is 6.05. The lowest BCUT2D eigenvalue weighted by molar-refractivity contribution is 0.0836. The van der Waals surface area contributed by atoms with Crippen LogP contribution in [0.5, 0.6) is 28.7 Å². The number of rotatable bonds is 5. The Labute approximate surface area is 181 Å². The summed E-state index contributed by atoms with van der Waals surface area (Å²) in [6.07, 6.45) is 3.21. The summed E-state index contributed by atoms with van der Waals surface area (Å²) in [6, 6.07) is 4.29. The van der Waals surface area contributed by atoms with Crippen LogP contribution < -0.4 is 4.74 Å². The van der Waals surface area contributed by atoms with Crippen molar-refractivity contribution in [2.75, 3.05) is 0 Å². The van der Waals surface area contributed by atoms with Crippen molar-refractivity contribution < 1.29 is 30.0 Å². The van der Waals surface area contributed by atoms with E-state index < -0.39 is 6.10 Å². The van der Waals surface area contributed by atoms with Crippen molar-refractivity contribution >= 4 is 5.78 Å². The number of phenols is 4. The molecule has 1 atom stereocenters. The smallest absolute Gasteiger partial charge is 0.174 e. The molecule has 1 heterocycles. The van der Waals surface area contributed by atoms with Gasteiger partial charge in [0, 0.05) is 11.1 Å². The highest BCUT2D eigenvalue weighted by Gasteiger charge is 2.37. The molecule has 2 aromatic carbocycles. The molecule has 0 aliphatic carbocycles. The molecule has 2 aromatic rings. The Bertz CT molecular complexity index is 1070. The van der Waals surface area contributed by atoms with E-state index in [1.807, 2.05) is 39.8 Å². The van der Waals surface area contributed by atoms with Gasteiger partial charge in [-0.05, 0) is 52.7 Å². The van der Waals surface area contributed by atoms with Crippen molar-refractivity contribution in [3.05, 3.63) is 63.8 Å². The number of hydrogen-bond acceptors (Lipinski definition) is 6. The first-order valence-electron chi connectivity index (χ1n) is 10.2. The predicted molar refractivity (Wildman–Crippen MR) is 118 cm³/mol. The molecule has 1 aliphatic rings. The Morgan fingerprint density at radius 3 is 2.03 bits per heavy atom.